The van der Waals surface area contributed by atoms with Gasteiger partial charge in [0.2, 0.25) is 0 Å². The van der Waals surface area contributed by atoms with Crippen molar-refractivity contribution >= 4 is 70.4 Å². The fourth-order valence-electron chi connectivity index (χ4n) is 8.04. The van der Waals surface area contributed by atoms with Gasteiger partial charge in [-0.1, -0.05) is 105 Å². The quantitative estimate of drug-likeness (QED) is 0.188. The van der Waals surface area contributed by atoms with E-state index in [-0.39, 0.29) is 5.41 Å². The third-order valence-corrected chi connectivity index (χ3v) is 11.5. The van der Waals surface area contributed by atoms with Crippen molar-refractivity contribution in [3.05, 3.63) is 169 Å². The number of thiophene rings is 1. The lowest BCUT2D eigenvalue weighted by molar-refractivity contribution is 0.632. The van der Waals surface area contributed by atoms with Gasteiger partial charge in [0.05, 0.1) is 22.4 Å². The number of anilines is 3. The summed E-state index contributed by atoms with van der Waals surface area (Å²) in [6, 6.07) is 58.2. The molecule has 0 unspecified atom stereocenters. The Morgan fingerprint density at radius 1 is 0.438 bits per heavy atom. The molecule has 0 atom stereocenters. The third kappa shape index (κ3) is 3.92. The van der Waals surface area contributed by atoms with E-state index in [1.165, 1.54) is 87.0 Å². The topological polar surface area (TPSA) is 8.17 Å². The van der Waals surface area contributed by atoms with Gasteiger partial charge in [-0.25, -0.2) is 0 Å². The Kier molecular flexibility index (Phi) is 5.82. The third-order valence-electron chi connectivity index (χ3n) is 10.4. The van der Waals surface area contributed by atoms with Gasteiger partial charge >= 0.3 is 0 Å². The molecule has 0 N–H and O–H groups in total. The molecule has 0 bridgehead atoms. The first-order valence-corrected chi connectivity index (χ1v) is 17.4. The van der Waals surface area contributed by atoms with Gasteiger partial charge in [-0.15, -0.1) is 11.3 Å². The Morgan fingerprint density at radius 3 is 1.90 bits per heavy atom. The van der Waals surface area contributed by atoms with Crippen molar-refractivity contribution in [2.45, 2.75) is 19.3 Å². The summed E-state index contributed by atoms with van der Waals surface area (Å²) in [5.74, 6) is 0. The zero-order chi connectivity index (χ0) is 32.0. The highest BCUT2D eigenvalue weighted by Crippen LogP contribution is 2.53. The van der Waals surface area contributed by atoms with E-state index in [1.807, 2.05) is 11.3 Å². The lowest BCUT2D eigenvalue weighted by atomic mass is 9.73. The molecule has 0 amide bonds. The van der Waals surface area contributed by atoms with Crippen molar-refractivity contribution in [1.29, 1.82) is 0 Å². The van der Waals surface area contributed by atoms with Crippen molar-refractivity contribution < 1.29 is 0 Å². The second kappa shape index (κ2) is 10.2. The van der Waals surface area contributed by atoms with Crippen LogP contribution in [-0.4, -0.2) is 4.57 Å². The van der Waals surface area contributed by atoms with E-state index < -0.39 is 0 Å². The number of para-hydroxylation sites is 3. The van der Waals surface area contributed by atoms with Crippen molar-refractivity contribution in [1.82, 2.24) is 4.57 Å². The first-order valence-electron chi connectivity index (χ1n) is 16.6. The zero-order valence-electron chi connectivity index (χ0n) is 26.8. The molecule has 228 valence electrons. The molecule has 48 heavy (non-hydrogen) atoms. The van der Waals surface area contributed by atoms with Gasteiger partial charge < -0.3 is 9.47 Å². The van der Waals surface area contributed by atoms with Crippen molar-refractivity contribution in [2.24, 2.45) is 0 Å². The molecule has 0 radical (unpaired) electrons. The summed E-state index contributed by atoms with van der Waals surface area (Å²) in [5.41, 5.74) is 12.2. The summed E-state index contributed by atoms with van der Waals surface area (Å²) < 4.78 is 5.06. The lowest BCUT2D eigenvalue weighted by Gasteiger charge is -2.42. The van der Waals surface area contributed by atoms with E-state index in [0.29, 0.717) is 0 Å². The van der Waals surface area contributed by atoms with Gasteiger partial charge in [0.25, 0.3) is 0 Å². The maximum Gasteiger partial charge on any atom is 0.0541 e. The normalized spacial score (nSPS) is 13.8. The van der Waals surface area contributed by atoms with E-state index in [1.54, 1.807) is 0 Å². The van der Waals surface area contributed by atoms with Crippen LogP contribution in [0.4, 0.5) is 17.1 Å². The highest BCUT2D eigenvalue weighted by molar-refractivity contribution is 7.25. The number of aromatic nitrogens is 1. The maximum atomic E-state index is 2.47. The van der Waals surface area contributed by atoms with Gasteiger partial charge in [-0.2, -0.15) is 0 Å². The van der Waals surface area contributed by atoms with E-state index >= 15 is 0 Å². The van der Waals surface area contributed by atoms with E-state index in [0.717, 1.165) is 0 Å². The first-order chi connectivity index (χ1) is 23.6. The van der Waals surface area contributed by atoms with Crippen molar-refractivity contribution in [2.75, 3.05) is 4.90 Å². The summed E-state index contributed by atoms with van der Waals surface area (Å²) in [4.78, 5) is 2.47. The fourth-order valence-corrected chi connectivity index (χ4v) is 9.13. The number of hydrogen-bond acceptors (Lipinski definition) is 2. The highest BCUT2D eigenvalue weighted by atomic mass is 32.1. The molecule has 3 heterocycles. The molecule has 1 aliphatic heterocycles. The van der Waals surface area contributed by atoms with Gasteiger partial charge in [0.15, 0.2) is 0 Å². The minimum absolute atomic E-state index is 0.179. The number of fused-ring (bicyclic) bond motifs is 8. The van der Waals surface area contributed by atoms with Crippen LogP contribution in [0.15, 0.2) is 158 Å². The molecule has 3 heteroatoms. The monoisotopic (exact) mass is 632 g/mol. The molecular weight excluding hydrogens is 601 g/mol. The molecule has 0 aliphatic carbocycles. The molecule has 0 fully saturated rings. The van der Waals surface area contributed by atoms with Crippen LogP contribution in [0.1, 0.15) is 25.0 Å². The van der Waals surface area contributed by atoms with Crippen LogP contribution in [0.25, 0.3) is 58.8 Å². The minimum Gasteiger partial charge on any atom is -0.310 e. The molecule has 9 aromatic rings. The maximum absolute atomic E-state index is 2.47. The van der Waals surface area contributed by atoms with Gasteiger partial charge in [-0.3, -0.25) is 0 Å². The second-order valence-electron chi connectivity index (χ2n) is 13.4. The van der Waals surface area contributed by atoms with E-state index in [4.69, 9.17) is 0 Å². The van der Waals surface area contributed by atoms with Gasteiger partial charge in [0.1, 0.15) is 0 Å². The smallest absolute Gasteiger partial charge is 0.0541 e. The molecule has 2 aromatic heterocycles. The molecular formula is C45H32N2S. The average Bonchev–Trinajstić information content (AvgIpc) is 3.67. The SMILES string of the molecule is CC1(C)c2ccccc2N(c2ccc3sc4ccccc4c3c2)c2ccc(-c3cccc(-n4c5ccccc5c5ccccc54)c3)cc21. The summed E-state index contributed by atoms with van der Waals surface area (Å²) in [7, 11) is 0. The average molecular weight is 633 g/mol. The van der Waals surface area contributed by atoms with Crippen LogP contribution in [-0.2, 0) is 5.41 Å². The minimum atomic E-state index is -0.179. The number of benzene rings is 7. The lowest BCUT2D eigenvalue weighted by Crippen LogP contribution is -2.30. The van der Waals surface area contributed by atoms with Crippen LogP contribution in [0.2, 0.25) is 0 Å². The van der Waals surface area contributed by atoms with Crippen molar-refractivity contribution in [3.63, 3.8) is 0 Å². The van der Waals surface area contributed by atoms with Crippen LogP contribution < -0.4 is 4.90 Å². The number of hydrogen-bond donors (Lipinski definition) is 0. The molecule has 0 saturated carbocycles. The van der Waals surface area contributed by atoms with Crippen molar-refractivity contribution in [3.8, 4) is 16.8 Å². The summed E-state index contributed by atoms with van der Waals surface area (Å²) in [5, 5.41) is 5.20. The molecule has 1 aliphatic rings. The highest BCUT2D eigenvalue weighted by Gasteiger charge is 2.37. The molecule has 7 aromatic carbocycles. The standard InChI is InChI=1S/C45H32N2S/c1-45(2)37-17-6-9-20-41(37)47(32-23-25-44-36(28-32)35-16-5-10-21-43(35)48-44)42-24-22-30(27-38(42)45)29-12-11-13-31(26-29)46-39-18-7-3-14-33(39)34-15-4-8-19-40(34)46/h3-28H,1-2H3. The molecule has 0 saturated heterocycles. The summed E-state index contributed by atoms with van der Waals surface area (Å²) in [6.07, 6.45) is 0. The predicted molar refractivity (Wildman–Crippen MR) is 206 cm³/mol. The van der Waals surface area contributed by atoms with Gasteiger partial charge in [0, 0.05) is 47.7 Å². The largest absolute Gasteiger partial charge is 0.310 e. The van der Waals surface area contributed by atoms with Gasteiger partial charge in [-0.05, 0) is 89.0 Å². The van der Waals surface area contributed by atoms with E-state index in [2.05, 4.69) is 181 Å². The molecule has 2 nitrogen and oxygen atoms in total. The Labute approximate surface area is 283 Å². The fraction of sp³-hybridized carbons (Fsp3) is 0.0667. The van der Waals surface area contributed by atoms with Crippen LogP contribution in [0.5, 0.6) is 0 Å². The summed E-state index contributed by atoms with van der Waals surface area (Å²) >= 11 is 1.87. The molecule has 0 spiro atoms. The van der Waals surface area contributed by atoms with Crippen LogP contribution >= 0.6 is 11.3 Å². The Bertz CT molecular complexity index is 2670. The van der Waals surface area contributed by atoms with Crippen LogP contribution in [0, 0.1) is 0 Å². The van der Waals surface area contributed by atoms with E-state index in [9.17, 15) is 0 Å². The Hall–Kier alpha value is -5.64. The zero-order valence-corrected chi connectivity index (χ0v) is 27.6. The first kappa shape index (κ1) is 27.5. The number of nitrogens with zero attached hydrogens (tertiary/aromatic N) is 2. The predicted octanol–water partition coefficient (Wildman–Crippen LogP) is 12.9. The van der Waals surface area contributed by atoms with Crippen LogP contribution in [0.3, 0.4) is 0 Å². The number of rotatable bonds is 3. The summed E-state index contributed by atoms with van der Waals surface area (Å²) in [6.45, 7) is 4.74. The molecule has 10 rings (SSSR count). The Balaban J connectivity index is 1.15. The Morgan fingerprint density at radius 2 is 1.08 bits per heavy atom. The second-order valence-corrected chi connectivity index (χ2v) is 14.5.